The number of nitrogens with zero attached hydrogens (tertiary/aromatic N) is 4. The Hall–Kier alpha value is -2.68. The number of hydrazine groups is 1. The lowest BCUT2D eigenvalue weighted by Crippen LogP contribution is -2.50. The van der Waals surface area contributed by atoms with Gasteiger partial charge in [0.2, 0.25) is 0 Å². The highest BCUT2D eigenvalue weighted by atomic mass is 79.9. The van der Waals surface area contributed by atoms with Crippen LogP contribution in [0.4, 0.5) is 0 Å². The molecular formula is C23H25BrN6O. The third-order valence-electron chi connectivity index (χ3n) is 5.91. The SMILES string of the molecule is CN1CCN(CC(=O)N2NC(c3ccc(Br)cc3)=CC2c2nc3ccccc3[nH]2)CC1. The quantitative estimate of drug-likeness (QED) is 0.600. The molecule has 2 aliphatic heterocycles. The van der Waals surface area contributed by atoms with Gasteiger partial charge in [-0.2, -0.15) is 0 Å². The molecule has 160 valence electrons. The van der Waals surface area contributed by atoms with Crippen LogP contribution < -0.4 is 5.43 Å². The number of nitrogens with one attached hydrogen (secondary N) is 2. The molecule has 0 saturated carbocycles. The maximum absolute atomic E-state index is 13.4. The summed E-state index contributed by atoms with van der Waals surface area (Å²) in [7, 11) is 2.12. The average molecular weight is 481 g/mol. The van der Waals surface area contributed by atoms with Crippen molar-refractivity contribution in [3.8, 4) is 0 Å². The molecule has 1 saturated heterocycles. The van der Waals surface area contributed by atoms with E-state index in [1.165, 1.54) is 0 Å². The molecule has 7 nitrogen and oxygen atoms in total. The minimum atomic E-state index is -0.300. The van der Waals surface area contributed by atoms with Crippen molar-refractivity contribution in [1.29, 1.82) is 0 Å². The van der Waals surface area contributed by atoms with Gasteiger partial charge in [0.25, 0.3) is 5.91 Å². The molecule has 1 unspecified atom stereocenters. The van der Waals surface area contributed by atoms with Gasteiger partial charge in [0.1, 0.15) is 11.9 Å². The van der Waals surface area contributed by atoms with Crippen molar-refractivity contribution in [3.63, 3.8) is 0 Å². The lowest BCUT2D eigenvalue weighted by atomic mass is 10.1. The van der Waals surface area contributed by atoms with E-state index >= 15 is 0 Å². The molecule has 2 aliphatic rings. The third-order valence-corrected chi connectivity index (χ3v) is 6.44. The zero-order valence-corrected chi connectivity index (χ0v) is 19.0. The van der Waals surface area contributed by atoms with E-state index in [2.05, 4.69) is 49.3 Å². The van der Waals surface area contributed by atoms with Crippen molar-refractivity contribution in [2.24, 2.45) is 0 Å². The van der Waals surface area contributed by atoms with E-state index < -0.39 is 0 Å². The summed E-state index contributed by atoms with van der Waals surface area (Å²) in [5.74, 6) is 0.797. The van der Waals surface area contributed by atoms with Gasteiger partial charge < -0.3 is 9.88 Å². The van der Waals surface area contributed by atoms with E-state index in [0.29, 0.717) is 6.54 Å². The predicted octanol–water partition coefficient (Wildman–Crippen LogP) is 3.00. The highest BCUT2D eigenvalue weighted by Gasteiger charge is 2.33. The lowest BCUT2D eigenvalue weighted by molar-refractivity contribution is -0.136. The summed E-state index contributed by atoms with van der Waals surface area (Å²) >= 11 is 3.49. The molecule has 0 bridgehead atoms. The van der Waals surface area contributed by atoms with E-state index in [9.17, 15) is 4.79 Å². The zero-order chi connectivity index (χ0) is 21.4. The Morgan fingerprint density at radius 2 is 1.84 bits per heavy atom. The normalized spacial score (nSPS) is 20.1. The molecule has 1 amide bonds. The van der Waals surface area contributed by atoms with Crippen LogP contribution in [0.3, 0.4) is 0 Å². The second-order valence-electron chi connectivity index (χ2n) is 8.13. The van der Waals surface area contributed by atoms with Crippen LogP contribution in [0.1, 0.15) is 17.4 Å². The molecule has 1 atom stereocenters. The number of benzene rings is 2. The number of imidazole rings is 1. The molecule has 1 fully saturated rings. The van der Waals surface area contributed by atoms with Crippen molar-refractivity contribution in [3.05, 3.63) is 70.5 Å². The number of fused-ring (bicyclic) bond motifs is 1. The Kier molecular flexibility index (Phi) is 5.52. The summed E-state index contributed by atoms with van der Waals surface area (Å²) in [4.78, 5) is 26.0. The van der Waals surface area contributed by atoms with Crippen LogP contribution in [0.25, 0.3) is 16.7 Å². The second kappa shape index (κ2) is 8.45. The molecule has 0 spiro atoms. The first-order chi connectivity index (χ1) is 15.1. The smallest absolute Gasteiger partial charge is 0.256 e. The molecule has 31 heavy (non-hydrogen) atoms. The molecule has 3 aromatic rings. The first-order valence-electron chi connectivity index (χ1n) is 10.5. The summed E-state index contributed by atoms with van der Waals surface area (Å²) in [6, 6.07) is 15.7. The van der Waals surface area contributed by atoms with Crippen molar-refractivity contribution < 1.29 is 4.79 Å². The number of carbonyl (C=O) groups excluding carboxylic acids is 1. The van der Waals surface area contributed by atoms with E-state index in [1.807, 2.05) is 48.5 Å². The number of piperazine rings is 1. The average Bonchev–Trinajstić information content (AvgIpc) is 3.40. The third kappa shape index (κ3) is 4.23. The molecule has 0 radical (unpaired) electrons. The van der Waals surface area contributed by atoms with Crippen LogP contribution in [0.15, 0.2) is 59.1 Å². The fourth-order valence-electron chi connectivity index (χ4n) is 4.06. The molecule has 1 aromatic heterocycles. The monoisotopic (exact) mass is 480 g/mol. The van der Waals surface area contributed by atoms with Crippen LogP contribution in [-0.2, 0) is 4.79 Å². The fourth-order valence-corrected chi connectivity index (χ4v) is 4.33. The van der Waals surface area contributed by atoms with Gasteiger partial charge >= 0.3 is 0 Å². The number of hydrogen-bond acceptors (Lipinski definition) is 5. The van der Waals surface area contributed by atoms with Crippen molar-refractivity contribution in [2.45, 2.75) is 6.04 Å². The second-order valence-corrected chi connectivity index (χ2v) is 9.04. The summed E-state index contributed by atoms with van der Waals surface area (Å²) < 4.78 is 1.02. The predicted molar refractivity (Wildman–Crippen MR) is 125 cm³/mol. The molecule has 8 heteroatoms. The van der Waals surface area contributed by atoms with Gasteiger partial charge in [0.05, 0.1) is 23.3 Å². The van der Waals surface area contributed by atoms with E-state index in [4.69, 9.17) is 4.98 Å². The minimum absolute atomic E-state index is 0.0402. The highest BCUT2D eigenvalue weighted by molar-refractivity contribution is 9.10. The number of halogens is 1. The summed E-state index contributed by atoms with van der Waals surface area (Å²) in [6.45, 7) is 4.15. The molecule has 2 N–H and O–H groups in total. The molecule has 5 rings (SSSR count). The van der Waals surface area contributed by atoms with E-state index in [-0.39, 0.29) is 11.9 Å². The zero-order valence-electron chi connectivity index (χ0n) is 17.4. The number of amides is 1. The molecule has 0 aliphatic carbocycles. The van der Waals surface area contributed by atoms with Crippen LogP contribution in [0, 0.1) is 0 Å². The largest absolute Gasteiger partial charge is 0.340 e. The summed E-state index contributed by atoms with van der Waals surface area (Å²) in [5, 5.41) is 1.72. The van der Waals surface area contributed by atoms with Crippen molar-refractivity contribution in [1.82, 2.24) is 30.2 Å². The van der Waals surface area contributed by atoms with Crippen molar-refractivity contribution in [2.75, 3.05) is 39.8 Å². The Morgan fingerprint density at radius 3 is 2.58 bits per heavy atom. The van der Waals surface area contributed by atoms with Gasteiger partial charge in [-0.3, -0.25) is 15.1 Å². The molecule has 2 aromatic carbocycles. The van der Waals surface area contributed by atoms with Gasteiger partial charge in [-0.05, 0) is 43.0 Å². The Labute approximate surface area is 189 Å². The fraction of sp³-hybridized carbons (Fsp3) is 0.304. The number of aromatic nitrogens is 2. The number of rotatable bonds is 4. The minimum Gasteiger partial charge on any atom is -0.340 e. The summed E-state index contributed by atoms with van der Waals surface area (Å²) in [5.41, 5.74) is 7.15. The number of aromatic amines is 1. The number of H-pyrrole nitrogens is 1. The van der Waals surface area contributed by atoms with Crippen LogP contribution in [-0.4, -0.2) is 70.5 Å². The van der Waals surface area contributed by atoms with E-state index in [1.54, 1.807) is 5.01 Å². The highest BCUT2D eigenvalue weighted by Crippen LogP contribution is 2.31. The number of likely N-dealkylation sites (N-methyl/N-ethyl adjacent to an activating group) is 1. The Balaban J connectivity index is 1.43. The van der Waals surface area contributed by atoms with Crippen LogP contribution in [0.5, 0.6) is 0 Å². The van der Waals surface area contributed by atoms with E-state index in [0.717, 1.165) is 58.8 Å². The first-order valence-corrected chi connectivity index (χ1v) is 11.3. The standard InChI is InChI=1S/C23H25BrN6O/c1-28-10-12-29(13-11-28)15-22(31)30-21(23-25-18-4-2-3-5-19(18)26-23)14-20(27-30)16-6-8-17(24)9-7-16/h2-9,14,21,27H,10-13,15H2,1H3,(H,25,26). The molecule has 3 heterocycles. The van der Waals surface area contributed by atoms with Gasteiger partial charge in [-0.15, -0.1) is 0 Å². The number of carbonyl (C=O) groups is 1. The van der Waals surface area contributed by atoms with Crippen LogP contribution in [0.2, 0.25) is 0 Å². The maximum Gasteiger partial charge on any atom is 0.256 e. The topological polar surface area (TPSA) is 67.5 Å². The van der Waals surface area contributed by atoms with Gasteiger partial charge in [-0.25, -0.2) is 9.99 Å². The van der Waals surface area contributed by atoms with Gasteiger partial charge in [-0.1, -0.05) is 40.2 Å². The number of para-hydroxylation sites is 2. The van der Waals surface area contributed by atoms with Gasteiger partial charge in [0.15, 0.2) is 0 Å². The van der Waals surface area contributed by atoms with Crippen molar-refractivity contribution >= 4 is 38.6 Å². The van der Waals surface area contributed by atoms with Gasteiger partial charge in [0, 0.05) is 30.7 Å². The van der Waals surface area contributed by atoms with Crippen LogP contribution >= 0.6 is 15.9 Å². The number of hydrogen-bond donors (Lipinski definition) is 2. The first kappa shape index (κ1) is 20.2. The summed E-state index contributed by atoms with van der Waals surface area (Å²) in [6.07, 6.45) is 2.07. The lowest BCUT2D eigenvalue weighted by Gasteiger charge is -2.33. The Bertz CT molecular complexity index is 1080. The Morgan fingerprint density at radius 1 is 1.10 bits per heavy atom. The molecular weight excluding hydrogens is 456 g/mol. The maximum atomic E-state index is 13.4.